The molecule has 0 saturated heterocycles. The zero-order valence-electron chi connectivity index (χ0n) is 10.6. The quantitative estimate of drug-likeness (QED) is 0.828. The molecule has 0 unspecified atom stereocenters. The van der Waals surface area contributed by atoms with Gasteiger partial charge in [-0.15, -0.1) is 0 Å². The highest BCUT2D eigenvalue weighted by Crippen LogP contribution is 2.20. The summed E-state index contributed by atoms with van der Waals surface area (Å²) in [4.78, 5) is 11.0. The van der Waals surface area contributed by atoms with E-state index in [4.69, 9.17) is 16.7 Å². The van der Waals surface area contributed by atoms with E-state index in [0.717, 1.165) is 4.31 Å². The van der Waals surface area contributed by atoms with Gasteiger partial charge in [0, 0.05) is 31.4 Å². The van der Waals surface area contributed by atoms with Gasteiger partial charge in [0.25, 0.3) is 0 Å². The number of carboxylic acids is 1. The summed E-state index contributed by atoms with van der Waals surface area (Å²) in [6, 6.07) is 4.36. The van der Waals surface area contributed by atoms with Crippen LogP contribution in [0.5, 0.6) is 0 Å². The van der Waals surface area contributed by atoms with Crippen LogP contribution in [0.3, 0.4) is 0 Å². The van der Waals surface area contributed by atoms with Crippen LogP contribution in [0, 0.1) is 0 Å². The standard InChI is InChI=1S/C11H15ClN2O4S/c1-14(2)19(17,18)6-5-13-10-4-3-8(12)7-9(10)11(15)16/h3-4,7,13H,5-6H2,1-2H3,(H,15,16). The predicted molar refractivity (Wildman–Crippen MR) is 74.4 cm³/mol. The average molecular weight is 307 g/mol. The van der Waals surface area contributed by atoms with Gasteiger partial charge in [-0.05, 0) is 18.2 Å². The lowest BCUT2D eigenvalue weighted by atomic mass is 10.2. The van der Waals surface area contributed by atoms with E-state index in [9.17, 15) is 13.2 Å². The molecule has 0 saturated carbocycles. The Labute approximate surface area is 117 Å². The topological polar surface area (TPSA) is 86.7 Å². The van der Waals surface area contributed by atoms with Crippen molar-refractivity contribution >= 4 is 33.3 Å². The van der Waals surface area contributed by atoms with Crippen LogP contribution in [-0.4, -0.2) is 50.2 Å². The Bertz CT molecular complexity index is 572. The summed E-state index contributed by atoms with van der Waals surface area (Å²) in [6.07, 6.45) is 0. The van der Waals surface area contributed by atoms with Crippen LogP contribution in [0.4, 0.5) is 5.69 Å². The van der Waals surface area contributed by atoms with E-state index in [1.807, 2.05) is 0 Å². The van der Waals surface area contributed by atoms with Crippen molar-refractivity contribution in [3.05, 3.63) is 28.8 Å². The minimum atomic E-state index is -3.31. The number of hydrogen-bond acceptors (Lipinski definition) is 4. The van der Waals surface area contributed by atoms with Gasteiger partial charge in [-0.25, -0.2) is 17.5 Å². The van der Waals surface area contributed by atoms with E-state index in [1.165, 1.54) is 32.3 Å². The fourth-order valence-corrected chi connectivity index (χ4v) is 2.24. The third-order valence-electron chi connectivity index (χ3n) is 2.44. The van der Waals surface area contributed by atoms with Crippen LogP contribution in [0.15, 0.2) is 18.2 Å². The Morgan fingerprint density at radius 3 is 2.58 bits per heavy atom. The summed E-state index contributed by atoms with van der Waals surface area (Å²) in [5.74, 6) is -1.25. The van der Waals surface area contributed by atoms with E-state index in [-0.39, 0.29) is 17.9 Å². The number of anilines is 1. The number of benzene rings is 1. The molecule has 0 spiro atoms. The molecule has 0 radical (unpaired) electrons. The summed E-state index contributed by atoms with van der Waals surface area (Å²) in [7, 11) is -0.423. The Balaban J connectivity index is 2.77. The summed E-state index contributed by atoms with van der Waals surface area (Å²) >= 11 is 5.72. The Kier molecular flexibility index (Phi) is 5.16. The van der Waals surface area contributed by atoms with Crippen molar-refractivity contribution in [1.82, 2.24) is 4.31 Å². The molecule has 0 aliphatic rings. The maximum absolute atomic E-state index is 11.5. The zero-order chi connectivity index (χ0) is 14.6. The lowest BCUT2D eigenvalue weighted by Gasteiger charge is -2.13. The number of carbonyl (C=O) groups is 1. The summed E-state index contributed by atoms with van der Waals surface area (Å²) in [5, 5.41) is 12.1. The van der Waals surface area contributed by atoms with Gasteiger partial charge in [-0.3, -0.25) is 0 Å². The Morgan fingerprint density at radius 2 is 2.05 bits per heavy atom. The zero-order valence-corrected chi connectivity index (χ0v) is 12.1. The molecule has 0 aromatic heterocycles. The van der Waals surface area contributed by atoms with Gasteiger partial charge in [-0.2, -0.15) is 0 Å². The van der Waals surface area contributed by atoms with Gasteiger partial charge in [-0.1, -0.05) is 11.6 Å². The highest BCUT2D eigenvalue weighted by atomic mass is 35.5. The molecule has 1 rings (SSSR count). The smallest absolute Gasteiger partial charge is 0.337 e. The van der Waals surface area contributed by atoms with Crippen LogP contribution in [-0.2, 0) is 10.0 Å². The summed E-state index contributed by atoms with van der Waals surface area (Å²) in [6.45, 7) is 0.114. The molecule has 6 nitrogen and oxygen atoms in total. The van der Waals surface area contributed by atoms with Crippen LogP contribution in [0.1, 0.15) is 10.4 Å². The van der Waals surface area contributed by atoms with Crippen molar-refractivity contribution in [2.45, 2.75) is 0 Å². The van der Waals surface area contributed by atoms with Crippen LogP contribution >= 0.6 is 11.6 Å². The van der Waals surface area contributed by atoms with Gasteiger partial charge in [0.1, 0.15) is 0 Å². The second-order valence-corrected chi connectivity index (χ2v) is 6.76. The van der Waals surface area contributed by atoms with Crippen molar-refractivity contribution in [3.63, 3.8) is 0 Å². The van der Waals surface area contributed by atoms with E-state index in [1.54, 1.807) is 0 Å². The highest BCUT2D eigenvalue weighted by molar-refractivity contribution is 7.89. The molecule has 19 heavy (non-hydrogen) atoms. The summed E-state index contributed by atoms with van der Waals surface area (Å²) < 4.78 is 24.2. The van der Waals surface area contributed by atoms with Gasteiger partial charge in [0.15, 0.2) is 0 Å². The predicted octanol–water partition coefficient (Wildman–Crippen LogP) is 1.34. The molecule has 0 atom stereocenters. The molecule has 0 aliphatic carbocycles. The molecule has 106 valence electrons. The monoisotopic (exact) mass is 306 g/mol. The van der Waals surface area contributed by atoms with Crippen molar-refractivity contribution in [3.8, 4) is 0 Å². The lowest BCUT2D eigenvalue weighted by molar-refractivity contribution is 0.0698. The summed E-state index contributed by atoms with van der Waals surface area (Å²) in [5.41, 5.74) is 0.348. The van der Waals surface area contributed by atoms with Gasteiger partial charge < -0.3 is 10.4 Å². The number of hydrogen-bond donors (Lipinski definition) is 2. The van der Waals surface area contributed by atoms with E-state index < -0.39 is 16.0 Å². The molecule has 1 aromatic rings. The molecule has 8 heteroatoms. The minimum absolute atomic E-state index is 0.00903. The van der Waals surface area contributed by atoms with E-state index in [0.29, 0.717) is 10.7 Å². The number of sulfonamides is 1. The second-order valence-electron chi connectivity index (χ2n) is 4.02. The average Bonchev–Trinajstić information content (AvgIpc) is 2.30. The first-order valence-corrected chi connectivity index (χ1v) is 7.39. The third kappa shape index (κ3) is 4.38. The van der Waals surface area contributed by atoms with Crippen molar-refractivity contribution in [2.75, 3.05) is 31.7 Å². The van der Waals surface area contributed by atoms with Crippen LogP contribution in [0.2, 0.25) is 5.02 Å². The van der Waals surface area contributed by atoms with Crippen molar-refractivity contribution in [2.24, 2.45) is 0 Å². The molecular formula is C11H15ClN2O4S. The molecule has 0 amide bonds. The number of rotatable bonds is 6. The van der Waals surface area contributed by atoms with Gasteiger partial charge in [0.05, 0.1) is 11.3 Å². The number of nitrogens with one attached hydrogen (secondary N) is 1. The molecule has 0 fully saturated rings. The fraction of sp³-hybridized carbons (Fsp3) is 0.364. The first kappa shape index (κ1) is 15.7. The van der Waals surface area contributed by atoms with E-state index in [2.05, 4.69) is 5.32 Å². The molecule has 2 N–H and O–H groups in total. The Hall–Kier alpha value is -1.31. The molecule has 0 bridgehead atoms. The number of nitrogens with zero attached hydrogens (tertiary/aromatic N) is 1. The van der Waals surface area contributed by atoms with Crippen LogP contribution < -0.4 is 5.32 Å². The molecular weight excluding hydrogens is 292 g/mol. The largest absolute Gasteiger partial charge is 0.478 e. The van der Waals surface area contributed by atoms with Crippen LogP contribution in [0.25, 0.3) is 0 Å². The maximum Gasteiger partial charge on any atom is 0.337 e. The van der Waals surface area contributed by atoms with Gasteiger partial charge in [0.2, 0.25) is 10.0 Å². The third-order valence-corrected chi connectivity index (χ3v) is 4.51. The SMILES string of the molecule is CN(C)S(=O)(=O)CCNc1ccc(Cl)cc1C(=O)O. The maximum atomic E-state index is 11.5. The number of halogens is 1. The fourth-order valence-electron chi connectivity index (χ4n) is 1.34. The molecule has 1 aromatic carbocycles. The minimum Gasteiger partial charge on any atom is -0.478 e. The second kappa shape index (κ2) is 6.23. The Morgan fingerprint density at radius 1 is 1.42 bits per heavy atom. The molecule has 0 aliphatic heterocycles. The number of aromatic carboxylic acids is 1. The normalized spacial score (nSPS) is 11.6. The van der Waals surface area contributed by atoms with Gasteiger partial charge >= 0.3 is 5.97 Å². The van der Waals surface area contributed by atoms with E-state index >= 15 is 0 Å². The molecule has 0 heterocycles. The van der Waals surface area contributed by atoms with Crippen molar-refractivity contribution in [1.29, 1.82) is 0 Å². The number of carboxylic acid groups (broad SMARTS) is 1. The lowest BCUT2D eigenvalue weighted by Crippen LogP contribution is -2.28. The van der Waals surface area contributed by atoms with Crippen molar-refractivity contribution < 1.29 is 18.3 Å². The first-order valence-electron chi connectivity index (χ1n) is 5.41. The first-order chi connectivity index (χ1) is 8.74. The highest BCUT2D eigenvalue weighted by Gasteiger charge is 2.14.